The van der Waals surface area contributed by atoms with Crippen LogP contribution < -0.4 is 4.74 Å². The normalized spacial score (nSPS) is 13.8. The van der Waals surface area contributed by atoms with Gasteiger partial charge in [-0.1, -0.05) is 0 Å². The number of hydrogen-bond acceptors (Lipinski definition) is 3. The lowest BCUT2D eigenvalue weighted by atomic mass is 9.88. The molecule has 0 radical (unpaired) electrons. The molecule has 0 fully saturated rings. The van der Waals surface area contributed by atoms with Crippen molar-refractivity contribution in [1.82, 2.24) is 9.78 Å². The molecule has 0 atom stereocenters. The maximum Gasteiger partial charge on any atom is 0.356 e. The lowest BCUT2D eigenvalue weighted by Gasteiger charge is -2.21. The number of ether oxygens (including phenoxy) is 1. The van der Waals surface area contributed by atoms with Gasteiger partial charge in [-0.15, -0.1) is 0 Å². The van der Waals surface area contributed by atoms with Crippen molar-refractivity contribution in [3.63, 3.8) is 0 Å². The standard InChI is InChI=1S/C16H17FN2O3/c1-19-13(8-12(18-19)16(20)21)11-7-14(22-2)9-5-3-4-6-10(9)15(11)17/h7-8H,3-6H2,1-2H3,(H,20,21). The topological polar surface area (TPSA) is 64.3 Å². The van der Waals surface area contributed by atoms with Crippen molar-refractivity contribution in [3.8, 4) is 17.0 Å². The molecule has 0 saturated heterocycles. The Labute approximate surface area is 127 Å². The summed E-state index contributed by atoms with van der Waals surface area (Å²) in [6.07, 6.45) is 3.45. The summed E-state index contributed by atoms with van der Waals surface area (Å²) in [7, 11) is 3.17. The Morgan fingerprint density at radius 1 is 1.32 bits per heavy atom. The third-order valence-electron chi connectivity index (χ3n) is 4.14. The number of rotatable bonds is 3. The monoisotopic (exact) mass is 304 g/mol. The number of aromatic carboxylic acids is 1. The van der Waals surface area contributed by atoms with Gasteiger partial charge in [0.1, 0.15) is 11.6 Å². The minimum atomic E-state index is -1.13. The Hall–Kier alpha value is -2.37. The van der Waals surface area contributed by atoms with Gasteiger partial charge in [-0.25, -0.2) is 9.18 Å². The van der Waals surface area contributed by atoms with Crippen molar-refractivity contribution >= 4 is 5.97 Å². The lowest BCUT2D eigenvalue weighted by molar-refractivity contribution is 0.0689. The molecule has 1 heterocycles. The summed E-state index contributed by atoms with van der Waals surface area (Å²) in [5.41, 5.74) is 2.27. The molecule has 1 N–H and O–H groups in total. The van der Waals surface area contributed by atoms with E-state index in [4.69, 9.17) is 9.84 Å². The van der Waals surface area contributed by atoms with Gasteiger partial charge in [-0.3, -0.25) is 4.68 Å². The number of benzene rings is 1. The van der Waals surface area contributed by atoms with Crippen LogP contribution in [0, 0.1) is 5.82 Å². The highest BCUT2D eigenvalue weighted by atomic mass is 19.1. The number of carboxylic acids is 1. The molecule has 1 aliphatic rings. The molecule has 0 bridgehead atoms. The third-order valence-corrected chi connectivity index (χ3v) is 4.14. The van der Waals surface area contributed by atoms with Crippen LogP contribution in [-0.4, -0.2) is 28.0 Å². The van der Waals surface area contributed by atoms with Crippen molar-refractivity contribution in [2.75, 3.05) is 7.11 Å². The molecule has 1 aromatic heterocycles. The summed E-state index contributed by atoms with van der Waals surface area (Å²) >= 11 is 0. The number of halogens is 1. The first kappa shape index (κ1) is 14.6. The van der Waals surface area contributed by atoms with E-state index in [9.17, 15) is 9.18 Å². The summed E-state index contributed by atoms with van der Waals surface area (Å²) in [5.74, 6) is -0.771. The van der Waals surface area contributed by atoms with Gasteiger partial charge >= 0.3 is 5.97 Å². The minimum Gasteiger partial charge on any atom is -0.496 e. The van der Waals surface area contributed by atoms with Gasteiger partial charge < -0.3 is 9.84 Å². The number of hydrogen-bond donors (Lipinski definition) is 1. The summed E-state index contributed by atoms with van der Waals surface area (Å²) < 4.78 is 21.7. The van der Waals surface area contributed by atoms with E-state index in [1.807, 2.05) is 0 Å². The van der Waals surface area contributed by atoms with Crippen LogP contribution in [0.5, 0.6) is 5.75 Å². The number of aryl methyl sites for hydroxylation is 1. The first-order valence-corrected chi connectivity index (χ1v) is 7.19. The van der Waals surface area contributed by atoms with Crippen LogP contribution in [-0.2, 0) is 19.9 Å². The highest BCUT2D eigenvalue weighted by Gasteiger charge is 2.24. The Kier molecular flexibility index (Phi) is 3.60. The Morgan fingerprint density at radius 2 is 2.00 bits per heavy atom. The van der Waals surface area contributed by atoms with Gasteiger partial charge in [0, 0.05) is 18.2 Å². The number of carboxylic acid groups (broad SMARTS) is 1. The molecule has 1 aliphatic carbocycles. The molecule has 6 heteroatoms. The van der Waals surface area contributed by atoms with Crippen LogP contribution in [0.4, 0.5) is 4.39 Å². The van der Waals surface area contributed by atoms with E-state index < -0.39 is 5.97 Å². The second kappa shape index (κ2) is 5.44. The molecule has 22 heavy (non-hydrogen) atoms. The zero-order valence-corrected chi connectivity index (χ0v) is 12.5. The zero-order chi connectivity index (χ0) is 15.9. The quantitative estimate of drug-likeness (QED) is 0.947. The number of aromatic nitrogens is 2. The average molecular weight is 304 g/mol. The highest BCUT2D eigenvalue weighted by Crippen LogP contribution is 2.37. The van der Waals surface area contributed by atoms with Crippen molar-refractivity contribution in [2.24, 2.45) is 7.05 Å². The third kappa shape index (κ3) is 2.24. The zero-order valence-electron chi connectivity index (χ0n) is 12.5. The fourth-order valence-electron chi connectivity index (χ4n) is 3.06. The van der Waals surface area contributed by atoms with Gasteiger partial charge in [-0.2, -0.15) is 5.10 Å². The van der Waals surface area contributed by atoms with Crippen molar-refractivity contribution in [2.45, 2.75) is 25.7 Å². The molecular weight excluding hydrogens is 287 g/mol. The largest absolute Gasteiger partial charge is 0.496 e. The Balaban J connectivity index is 2.21. The van der Waals surface area contributed by atoms with Gasteiger partial charge in [0.25, 0.3) is 0 Å². The van der Waals surface area contributed by atoms with Crippen LogP contribution in [0.1, 0.15) is 34.5 Å². The molecule has 0 amide bonds. The Morgan fingerprint density at radius 3 is 2.59 bits per heavy atom. The summed E-state index contributed by atoms with van der Waals surface area (Å²) in [6.45, 7) is 0. The molecule has 5 nitrogen and oxygen atoms in total. The smallest absolute Gasteiger partial charge is 0.356 e. The van der Waals surface area contributed by atoms with E-state index in [-0.39, 0.29) is 11.5 Å². The Bertz CT molecular complexity index is 752. The van der Waals surface area contributed by atoms with Crippen LogP contribution in [0.15, 0.2) is 12.1 Å². The fraction of sp³-hybridized carbons (Fsp3) is 0.375. The molecule has 2 aromatic rings. The molecule has 0 aliphatic heterocycles. The minimum absolute atomic E-state index is 0.103. The van der Waals surface area contributed by atoms with Crippen LogP contribution in [0.2, 0.25) is 0 Å². The fourth-order valence-corrected chi connectivity index (χ4v) is 3.06. The summed E-state index contributed by atoms with van der Waals surface area (Å²) in [6, 6.07) is 3.03. The maximum atomic E-state index is 14.9. The van der Waals surface area contributed by atoms with Gasteiger partial charge in [0.05, 0.1) is 12.8 Å². The summed E-state index contributed by atoms with van der Waals surface area (Å²) in [4.78, 5) is 11.0. The van der Waals surface area contributed by atoms with Gasteiger partial charge in [0.15, 0.2) is 5.69 Å². The predicted octanol–water partition coefficient (Wildman–Crippen LogP) is 2.81. The van der Waals surface area contributed by atoms with E-state index in [0.29, 0.717) is 29.0 Å². The van der Waals surface area contributed by atoms with Gasteiger partial charge in [-0.05, 0) is 43.4 Å². The SMILES string of the molecule is COc1cc(-c2cc(C(=O)O)nn2C)c(F)c2c1CCCC2. The van der Waals surface area contributed by atoms with Gasteiger partial charge in [0.2, 0.25) is 0 Å². The second-order valence-electron chi connectivity index (χ2n) is 5.45. The molecule has 0 saturated carbocycles. The molecule has 3 rings (SSSR count). The van der Waals surface area contributed by atoms with Crippen molar-refractivity contribution in [1.29, 1.82) is 0 Å². The van der Waals surface area contributed by atoms with Crippen LogP contribution >= 0.6 is 0 Å². The van der Waals surface area contributed by atoms with Crippen molar-refractivity contribution in [3.05, 3.63) is 34.8 Å². The number of carbonyl (C=O) groups is 1. The number of methoxy groups -OCH3 is 1. The maximum absolute atomic E-state index is 14.9. The van der Waals surface area contributed by atoms with Crippen molar-refractivity contribution < 1.29 is 19.0 Å². The molecular formula is C16H17FN2O3. The molecule has 0 unspecified atom stereocenters. The van der Waals surface area contributed by atoms with E-state index >= 15 is 0 Å². The van der Waals surface area contributed by atoms with E-state index in [2.05, 4.69) is 5.10 Å². The molecule has 1 aromatic carbocycles. The molecule has 0 spiro atoms. The first-order chi connectivity index (χ1) is 10.5. The summed E-state index contributed by atoms with van der Waals surface area (Å²) in [5, 5.41) is 12.9. The lowest BCUT2D eigenvalue weighted by Crippen LogP contribution is -2.09. The first-order valence-electron chi connectivity index (χ1n) is 7.19. The number of fused-ring (bicyclic) bond motifs is 1. The van der Waals surface area contributed by atoms with E-state index in [1.54, 1.807) is 20.2 Å². The average Bonchev–Trinajstić information content (AvgIpc) is 2.90. The predicted molar refractivity (Wildman–Crippen MR) is 78.8 cm³/mol. The van der Waals surface area contributed by atoms with Crippen LogP contribution in [0.3, 0.4) is 0 Å². The molecule has 116 valence electrons. The number of nitrogens with zero attached hydrogens (tertiary/aromatic N) is 2. The second-order valence-corrected chi connectivity index (χ2v) is 5.45. The van der Waals surface area contributed by atoms with Crippen LogP contribution in [0.25, 0.3) is 11.3 Å². The van der Waals surface area contributed by atoms with E-state index in [0.717, 1.165) is 24.8 Å². The van der Waals surface area contributed by atoms with E-state index in [1.165, 1.54) is 10.7 Å². The highest BCUT2D eigenvalue weighted by molar-refractivity contribution is 5.87.